The number of carbonyl (C=O) groups is 2. The van der Waals surface area contributed by atoms with Gasteiger partial charge in [0, 0.05) is 38.0 Å². The van der Waals surface area contributed by atoms with E-state index in [1.54, 1.807) is 0 Å². The normalized spacial score (nSPS) is 26.8. The molecule has 1 spiro atoms. The molecule has 2 heterocycles. The van der Waals surface area contributed by atoms with E-state index in [1.165, 1.54) is 0 Å². The lowest BCUT2D eigenvalue weighted by molar-refractivity contribution is -0.142. The molecule has 0 radical (unpaired) electrons. The first kappa shape index (κ1) is 17.5. The predicted octanol–water partition coefficient (Wildman–Crippen LogP) is 1.12. The van der Waals surface area contributed by atoms with E-state index in [4.69, 9.17) is 0 Å². The second-order valence-electron chi connectivity index (χ2n) is 7.17. The van der Waals surface area contributed by atoms with E-state index >= 15 is 0 Å². The van der Waals surface area contributed by atoms with Gasteiger partial charge in [0.05, 0.1) is 0 Å². The zero-order valence-electron chi connectivity index (χ0n) is 13.6. The van der Waals surface area contributed by atoms with E-state index in [1.807, 2.05) is 23.6 Å². The van der Waals surface area contributed by atoms with Crippen molar-refractivity contribution in [3.63, 3.8) is 0 Å². The number of piperazine rings is 1. The fourth-order valence-corrected chi connectivity index (χ4v) is 3.91. The second-order valence-corrected chi connectivity index (χ2v) is 7.17. The molecule has 2 saturated heterocycles. The Morgan fingerprint density at radius 2 is 1.59 bits per heavy atom. The first-order valence-electron chi connectivity index (χ1n) is 8.32. The van der Waals surface area contributed by atoms with Crippen LogP contribution in [0.25, 0.3) is 0 Å². The molecule has 0 aromatic heterocycles. The van der Waals surface area contributed by atoms with Gasteiger partial charge in [-0.25, -0.2) is 0 Å². The Bertz CT molecular complexity index is 427. The summed E-state index contributed by atoms with van der Waals surface area (Å²) in [6.45, 7) is 8.80. The van der Waals surface area contributed by atoms with Gasteiger partial charge in [0.25, 0.3) is 0 Å². The number of amides is 2. The van der Waals surface area contributed by atoms with Gasteiger partial charge in [-0.3, -0.25) is 9.59 Å². The summed E-state index contributed by atoms with van der Waals surface area (Å²) in [4.78, 5) is 28.5. The fourth-order valence-electron chi connectivity index (χ4n) is 3.91. The number of piperidine rings is 1. The average molecular weight is 330 g/mol. The van der Waals surface area contributed by atoms with E-state index in [-0.39, 0.29) is 30.2 Å². The number of hydrogen-bond acceptors (Lipinski definition) is 3. The molecular formula is C16H28ClN3O2. The molecule has 1 unspecified atom stereocenters. The van der Waals surface area contributed by atoms with Gasteiger partial charge in [-0.2, -0.15) is 0 Å². The molecule has 2 aliphatic heterocycles. The number of carbonyl (C=O) groups excluding carboxylic acids is 2. The van der Waals surface area contributed by atoms with Crippen molar-refractivity contribution in [3.05, 3.63) is 0 Å². The van der Waals surface area contributed by atoms with Crippen LogP contribution in [0.5, 0.6) is 0 Å². The highest BCUT2D eigenvalue weighted by molar-refractivity contribution is 5.85. The number of rotatable bonds is 2. The van der Waals surface area contributed by atoms with Gasteiger partial charge in [0.15, 0.2) is 0 Å². The summed E-state index contributed by atoms with van der Waals surface area (Å²) in [6.07, 6.45) is 3.38. The van der Waals surface area contributed by atoms with Gasteiger partial charge in [-0.15, -0.1) is 12.4 Å². The molecule has 3 rings (SSSR count). The fraction of sp³-hybridized carbons (Fsp3) is 0.875. The molecular weight excluding hydrogens is 302 g/mol. The van der Waals surface area contributed by atoms with Crippen LogP contribution in [0.2, 0.25) is 0 Å². The zero-order chi connectivity index (χ0) is 15.0. The molecule has 1 N–H and O–H groups in total. The minimum absolute atomic E-state index is 0. The van der Waals surface area contributed by atoms with Crippen LogP contribution in [0.4, 0.5) is 0 Å². The summed E-state index contributed by atoms with van der Waals surface area (Å²) in [5.74, 6) is 0.859. The van der Waals surface area contributed by atoms with Crippen molar-refractivity contribution in [2.45, 2.75) is 33.1 Å². The first-order chi connectivity index (χ1) is 10.0. The van der Waals surface area contributed by atoms with Crippen LogP contribution in [0.1, 0.15) is 33.1 Å². The summed E-state index contributed by atoms with van der Waals surface area (Å²) in [7, 11) is 0. The highest BCUT2D eigenvalue weighted by Crippen LogP contribution is 2.59. The number of halogens is 1. The quantitative estimate of drug-likeness (QED) is 0.826. The van der Waals surface area contributed by atoms with Gasteiger partial charge < -0.3 is 15.1 Å². The van der Waals surface area contributed by atoms with Crippen molar-refractivity contribution in [2.75, 3.05) is 39.3 Å². The van der Waals surface area contributed by atoms with E-state index in [9.17, 15) is 9.59 Å². The molecule has 6 heteroatoms. The first-order valence-corrected chi connectivity index (χ1v) is 8.32. The van der Waals surface area contributed by atoms with Crippen LogP contribution >= 0.6 is 12.4 Å². The molecule has 126 valence electrons. The van der Waals surface area contributed by atoms with Crippen molar-refractivity contribution in [1.82, 2.24) is 15.1 Å². The highest BCUT2D eigenvalue weighted by atomic mass is 35.5. The van der Waals surface area contributed by atoms with E-state index in [2.05, 4.69) is 5.32 Å². The summed E-state index contributed by atoms with van der Waals surface area (Å²) < 4.78 is 0. The maximum absolute atomic E-state index is 12.6. The van der Waals surface area contributed by atoms with Crippen molar-refractivity contribution in [3.8, 4) is 0 Å². The topological polar surface area (TPSA) is 52.7 Å². The highest BCUT2D eigenvalue weighted by Gasteiger charge is 2.58. The zero-order valence-corrected chi connectivity index (χ0v) is 14.5. The maximum atomic E-state index is 12.6. The monoisotopic (exact) mass is 329 g/mol. The Hall–Kier alpha value is -0.810. The van der Waals surface area contributed by atoms with Crippen LogP contribution in [0.15, 0.2) is 0 Å². The smallest absolute Gasteiger partial charge is 0.226 e. The Morgan fingerprint density at radius 3 is 2.14 bits per heavy atom. The lowest BCUT2D eigenvalue weighted by atomic mass is 9.91. The van der Waals surface area contributed by atoms with Crippen molar-refractivity contribution in [1.29, 1.82) is 0 Å². The Balaban J connectivity index is 0.00000176. The lowest BCUT2D eigenvalue weighted by Gasteiger charge is -2.36. The third-order valence-corrected chi connectivity index (χ3v) is 5.48. The third kappa shape index (κ3) is 3.25. The van der Waals surface area contributed by atoms with Crippen molar-refractivity contribution >= 4 is 24.2 Å². The largest absolute Gasteiger partial charge is 0.339 e. The molecule has 0 aromatic rings. The number of nitrogens with one attached hydrogen (secondary N) is 1. The van der Waals surface area contributed by atoms with Gasteiger partial charge >= 0.3 is 0 Å². The molecule has 0 bridgehead atoms. The Kier molecular flexibility index (Phi) is 5.38. The predicted molar refractivity (Wildman–Crippen MR) is 87.9 cm³/mol. The maximum Gasteiger partial charge on any atom is 0.226 e. The lowest BCUT2D eigenvalue weighted by Crippen LogP contribution is -2.52. The van der Waals surface area contributed by atoms with Crippen molar-refractivity contribution in [2.24, 2.45) is 17.3 Å². The second kappa shape index (κ2) is 6.75. The molecule has 1 saturated carbocycles. The Morgan fingerprint density at radius 1 is 1.05 bits per heavy atom. The third-order valence-electron chi connectivity index (χ3n) is 5.48. The minimum atomic E-state index is 0. The molecule has 5 nitrogen and oxygen atoms in total. The summed E-state index contributed by atoms with van der Waals surface area (Å²) in [6, 6.07) is 0. The molecule has 2 amide bonds. The van der Waals surface area contributed by atoms with Crippen LogP contribution < -0.4 is 5.32 Å². The molecule has 0 aromatic carbocycles. The van der Waals surface area contributed by atoms with Crippen LogP contribution in [0.3, 0.4) is 0 Å². The van der Waals surface area contributed by atoms with Gasteiger partial charge in [-0.05, 0) is 37.8 Å². The average Bonchev–Trinajstić information content (AvgIpc) is 3.19. The van der Waals surface area contributed by atoms with Gasteiger partial charge in [0.2, 0.25) is 11.8 Å². The van der Waals surface area contributed by atoms with Gasteiger partial charge in [0.1, 0.15) is 0 Å². The van der Waals surface area contributed by atoms with Crippen LogP contribution in [-0.4, -0.2) is 60.9 Å². The van der Waals surface area contributed by atoms with Gasteiger partial charge in [-0.1, -0.05) is 13.8 Å². The molecule has 1 aliphatic carbocycles. The number of nitrogens with zero attached hydrogens (tertiary/aromatic N) is 2. The van der Waals surface area contributed by atoms with Crippen molar-refractivity contribution < 1.29 is 9.59 Å². The minimum Gasteiger partial charge on any atom is -0.339 e. The molecule has 3 fully saturated rings. The molecule has 1 atom stereocenters. The standard InChI is InChI=1S/C16H27N3O2.ClH/c1-12(2)14(20)18-7-9-19(10-8-18)15(21)13-11-16(13)3-5-17-6-4-16;/h12-13,17H,3-11H2,1-2H3;1H. The summed E-state index contributed by atoms with van der Waals surface area (Å²) in [5.41, 5.74) is 0.313. The van der Waals surface area contributed by atoms with E-state index in [0.717, 1.165) is 32.4 Å². The SMILES string of the molecule is CC(C)C(=O)N1CCN(C(=O)C2CC23CCNCC3)CC1.Cl. The number of hydrogen-bond donors (Lipinski definition) is 1. The van der Waals surface area contributed by atoms with Crippen LogP contribution in [0, 0.1) is 17.3 Å². The van der Waals surface area contributed by atoms with E-state index < -0.39 is 0 Å². The van der Waals surface area contributed by atoms with E-state index in [0.29, 0.717) is 37.5 Å². The Labute approximate surface area is 139 Å². The molecule has 3 aliphatic rings. The van der Waals surface area contributed by atoms with Crippen LogP contribution in [-0.2, 0) is 9.59 Å². The summed E-state index contributed by atoms with van der Waals surface area (Å²) in [5, 5.41) is 3.38. The summed E-state index contributed by atoms with van der Waals surface area (Å²) >= 11 is 0. The molecule has 22 heavy (non-hydrogen) atoms.